The molecule has 102 valence electrons. The summed E-state index contributed by atoms with van der Waals surface area (Å²) in [5.41, 5.74) is 1.63. The van der Waals surface area contributed by atoms with E-state index in [0.29, 0.717) is 11.3 Å². The Labute approximate surface area is 119 Å². The van der Waals surface area contributed by atoms with Gasteiger partial charge in [-0.05, 0) is 49.2 Å². The molecule has 0 N–H and O–H groups in total. The average molecular weight is 286 g/mol. The van der Waals surface area contributed by atoms with E-state index in [9.17, 15) is 8.42 Å². The van der Waals surface area contributed by atoms with Crippen LogP contribution in [0.3, 0.4) is 0 Å². The van der Waals surface area contributed by atoms with Crippen molar-refractivity contribution >= 4 is 9.84 Å². The Balaban J connectivity index is 2.28. The van der Waals surface area contributed by atoms with Crippen LogP contribution in [0.15, 0.2) is 53.4 Å². The van der Waals surface area contributed by atoms with E-state index < -0.39 is 9.84 Å². The first-order valence-electron chi connectivity index (χ1n) is 6.00. The van der Waals surface area contributed by atoms with Gasteiger partial charge in [0.25, 0.3) is 0 Å². The topological polar surface area (TPSA) is 43.4 Å². The Morgan fingerprint density at radius 1 is 0.950 bits per heavy atom. The van der Waals surface area contributed by atoms with Gasteiger partial charge in [-0.15, -0.1) is 0 Å². The molecule has 0 spiro atoms. The Kier molecular flexibility index (Phi) is 4.11. The summed E-state index contributed by atoms with van der Waals surface area (Å²) < 4.78 is 29.1. The number of hydrogen-bond donors (Lipinski definition) is 0. The van der Waals surface area contributed by atoms with Crippen LogP contribution in [0, 0.1) is 18.1 Å². The molecular weight excluding hydrogens is 272 g/mol. The predicted molar refractivity (Wildman–Crippen MR) is 78.2 cm³/mol. The van der Waals surface area contributed by atoms with Crippen molar-refractivity contribution in [3.05, 3.63) is 59.7 Å². The smallest absolute Gasteiger partial charge is 0.245 e. The van der Waals surface area contributed by atoms with Crippen LogP contribution < -0.4 is 4.74 Å². The zero-order chi connectivity index (χ0) is 14.6. The molecule has 4 heteroatoms. The van der Waals surface area contributed by atoms with E-state index in [1.807, 2.05) is 6.92 Å². The monoisotopic (exact) mass is 286 g/mol. The number of aryl methyl sites for hydroxylation is 1. The first-order valence-corrected chi connectivity index (χ1v) is 7.48. The number of rotatable bonds is 2. The van der Waals surface area contributed by atoms with Gasteiger partial charge in [0.2, 0.25) is 9.84 Å². The molecule has 0 heterocycles. The van der Waals surface area contributed by atoms with Gasteiger partial charge in [-0.1, -0.05) is 17.7 Å². The molecule has 0 saturated heterocycles. The molecule has 0 bridgehead atoms. The molecule has 0 aliphatic rings. The zero-order valence-electron chi connectivity index (χ0n) is 11.3. The molecule has 0 aromatic heterocycles. The van der Waals surface area contributed by atoms with Crippen LogP contribution in [-0.2, 0) is 9.84 Å². The third kappa shape index (κ3) is 3.40. The summed E-state index contributed by atoms with van der Waals surface area (Å²) in [5.74, 6) is 3.36. The van der Waals surface area contributed by atoms with E-state index in [-0.39, 0.29) is 4.90 Å². The van der Waals surface area contributed by atoms with Crippen LogP contribution in [0.2, 0.25) is 0 Å². The number of benzene rings is 2. The maximum absolute atomic E-state index is 12.0. The van der Waals surface area contributed by atoms with E-state index in [0.717, 1.165) is 5.56 Å². The van der Waals surface area contributed by atoms with Crippen molar-refractivity contribution in [1.29, 1.82) is 0 Å². The van der Waals surface area contributed by atoms with Crippen molar-refractivity contribution in [2.24, 2.45) is 0 Å². The second kappa shape index (κ2) is 5.81. The van der Waals surface area contributed by atoms with Gasteiger partial charge < -0.3 is 4.74 Å². The Morgan fingerprint density at radius 3 is 2.10 bits per heavy atom. The van der Waals surface area contributed by atoms with Gasteiger partial charge in [0.15, 0.2) is 0 Å². The van der Waals surface area contributed by atoms with Crippen LogP contribution in [0.5, 0.6) is 5.75 Å². The van der Waals surface area contributed by atoms with E-state index in [4.69, 9.17) is 4.74 Å². The molecule has 0 unspecified atom stereocenters. The number of ether oxygens (including phenoxy) is 1. The summed E-state index contributed by atoms with van der Waals surface area (Å²) >= 11 is 0. The molecule has 0 atom stereocenters. The van der Waals surface area contributed by atoms with Gasteiger partial charge in [-0.3, -0.25) is 0 Å². The molecule has 0 amide bonds. The molecule has 0 saturated carbocycles. The fourth-order valence-electron chi connectivity index (χ4n) is 1.58. The Bertz CT molecular complexity index is 746. The fraction of sp³-hybridized carbons (Fsp3) is 0.125. The molecule has 0 radical (unpaired) electrons. The third-order valence-corrected chi connectivity index (χ3v) is 4.01. The van der Waals surface area contributed by atoms with Gasteiger partial charge >= 0.3 is 0 Å². The molecule has 2 aromatic rings. The fourth-order valence-corrected chi connectivity index (χ4v) is 2.44. The van der Waals surface area contributed by atoms with Crippen molar-refractivity contribution < 1.29 is 13.2 Å². The van der Waals surface area contributed by atoms with E-state index >= 15 is 0 Å². The normalized spacial score (nSPS) is 10.5. The lowest BCUT2D eigenvalue weighted by Gasteiger charge is -1.98. The summed E-state index contributed by atoms with van der Waals surface area (Å²) in [6, 6.07) is 13.5. The standard InChI is InChI=1S/C16H14O3S/c1-13-3-9-16(10-4-13)20(17,18)12-11-14-5-7-15(19-2)8-6-14/h3-10H,1-2H3. The predicted octanol–water partition coefficient (Wildman–Crippen LogP) is 2.79. The van der Waals surface area contributed by atoms with Gasteiger partial charge in [0.05, 0.1) is 12.0 Å². The maximum atomic E-state index is 12.0. The lowest BCUT2D eigenvalue weighted by molar-refractivity contribution is 0.415. The van der Waals surface area contributed by atoms with Gasteiger partial charge in [0, 0.05) is 10.8 Å². The molecule has 2 aromatic carbocycles. The highest BCUT2D eigenvalue weighted by Crippen LogP contribution is 2.13. The highest BCUT2D eigenvalue weighted by atomic mass is 32.2. The third-order valence-electron chi connectivity index (χ3n) is 2.75. The molecule has 0 aliphatic carbocycles. The van der Waals surface area contributed by atoms with Crippen LogP contribution >= 0.6 is 0 Å². The summed E-state index contributed by atoms with van der Waals surface area (Å²) in [4.78, 5) is 0.212. The van der Waals surface area contributed by atoms with E-state index in [2.05, 4.69) is 11.2 Å². The van der Waals surface area contributed by atoms with Gasteiger partial charge in [-0.25, -0.2) is 8.42 Å². The summed E-state index contributed by atoms with van der Waals surface area (Å²) in [7, 11) is -2.01. The second-order valence-corrected chi connectivity index (χ2v) is 5.95. The minimum Gasteiger partial charge on any atom is -0.497 e. The Hall–Kier alpha value is -2.25. The average Bonchev–Trinajstić information content (AvgIpc) is 2.46. The highest BCUT2D eigenvalue weighted by molar-refractivity contribution is 7.96. The largest absolute Gasteiger partial charge is 0.497 e. The van der Waals surface area contributed by atoms with Crippen molar-refractivity contribution in [3.8, 4) is 16.9 Å². The minimum atomic E-state index is -3.58. The van der Waals surface area contributed by atoms with Crippen LogP contribution in [0.4, 0.5) is 0 Å². The summed E-state index contributed by atoms with van der Waals surface area (Å²) in [6.07, 6.45) is 0. The number of sulfone groups is 1. The summed E-state index contributed by atoms with van der Waals surface area (Å²) in [5, 5.41) is 2.33. The first kappa shape index (κ1) is 14.2. The highest BCUT2D eigenvalue weighted by Gasteiger charge is 2.09. The molecular formula is C16H14O3S. The molecule has 0 fully saturated rings. The molecule has 2 rings (SSSR count). The second-order valence-electron chi connectivity index (χ2n) is 4.27. The minimum absolute atomic E-state index is 0.212. The zero-order valence-corrected chi connectivity index (χ0v) is 12.1. The van der Waals surface area contributed by atoms with Crippen molar-refractivity contribution in [3.63, 3.8) is 0 Å². The van der Waals surface area contributed by atoms with Crippen LogP contribution in [0.25, 0.3) is 0 Å². The molecule has 0 aliphatic heterocycles. The van der Waals surface area contributed by atoms with Gasteiger partial charge in [0.1, 0.15) is 5.75 Å². The SMILES string of the molecule is COc1ccc(C#CS(=O)(=O)c2ccc(C)cc2)cc1. The Morgan fingerprint density at radius 2 is 1.55 bits per heavy atom. The van der Waals surface area contributed by atoms with Crippen molar-refractivity contribution in [1.82, 2.24) is 0 Å². The van der Waals surface area contributed by atoms with Crippen LogP contribution in [-0.4, -0.2) is 15.5 Å². The van der Waals surface area contributed by atoms with Crippen LogP contribution in [0.1, 0.15) is 11.1 Å². The summed E-state index contributed by atoms with van der Waals surface area (Å²) in [6.45, 7) is 1.90. The first-order chi connectivity index (χ1) is 9.51. The number of hydrogen-bond acceptors (Lipinski definition) is 3. The maximum Gasteiger partial charge on any atom is 0.245 e. The van der Waals surface area contributed by atoms with E-state index in [1.165, 1.54) is 0 Å². The number of methoxy groups -OCH3 is 1. The van der Waals surface area contributed by atoms with Crippen molar-refractivity contribution in [2.75, 3.05) is 7.11 Å². The molecule has 20 heavy (non-hydrogen) atoms. The molecule has 3 nitrogen and oxygen atoms in total. The van der Waals surface area contributed by atoms with E-state index in [1.54, 1.807) is 55.6 Å². The van der Waals surface area contributed by atoms with Gasteiger partial charge in [-0.2, -0.15) is 0 Å². The quantitative estimate of drug-likeness (QED) is 0.797. The lowest BCUT2D eigenvalue weighted by atomic mass is 10.2. The lowest BCUT2D eigenvalue weighted by Crippen LogP contribution is -1.96. The van der Waals surface area contributed by atoms with Crippen molar-refractivity contribution in [2.45, 2.75) is 11.8 Å².